The zero-order valence-electron chi connectivity index (χ0n) is 10.5. The number of pyridine rings is 1. The van der Waals surface area contributed by atoms with Crippen molar-refractivity contribution in [1.29, 1.82) is 0 Å². The molecule has 1 atom stereocenters. The van der Waals surface area contributed by atoms with E-state index in [1.165, 1.54) is 0 Å². The third kappa shape index (κ3) is 3.24. The van der Waals surface area contributed by atoms with Crippen LogP contribution in [0.5, 0.6) is 5.75 Å². The molecule has 1 heterocycles. The van der Waals surface area contributed by atoms with Crippen LogP contribution in [0.4, 0.5) is 5.82 Å². The minimum absolute atomic E-state index is 0.395. The van der Waals surface area contributed by atoms with Gasteiger partial charge in [-0.15, -0.1) is 0 Å². The predicted octanol–water partition coefficient (Wildman–Crippen LogP) is 2.71. The van der Waals surface area contributed by atoms with E-state index in [9.17, 15) is 5.11 Å². The van der Waals surface area contributed by atoms with E-state index in [0.717, 1.165) is 15.6 Å². The largest absolute Gasteiger partial charge is 0.496 e. The van der Waals surface area contributed by atoms with E-state index in [1.54, 1.807) is 19.4 Å². The highest BCUT2D eigenvalue weighted by atomic mass is 79.9. The number of nitrogens with two attached hydrogens (primary N) is 1. The summed E-state index contributed by atoms with van der Waals surface area (Å²) in [6.45, 7) is 0. The van der Waals surface area contributed by atoms with Crippen molar-refractivity contribution in [1.82, 2.24) is 4.98 Å². The SMILES string of the molecule is COc1ccc(Br)cc1C(O)Cc1cccnc1N. The lowest BCUT2D eigenvalue weighted by Gasteiger charge is -2.16. The molecule has 0 aliphatic carbocycles. The van der Waals surface area contributed by atoms with Crippen molar-refractivity contribution in [2.24, 2.45) is 0 Å². The third-order valence-corrected chi connectivity index (χ3v) is 3.38. The lowest BCUT2D eigenvalue weighted by molar-refractivity contribution is 0.174. The van der Waals surface area contributed by atoms with Crippen molar-refractivity contribution in [3.05, 3.63) is 52.1 Å². The van der Waals surface area contributed by atoms with E-state index < -0.39 is 6.10 Å². The van der Waals surface area contributed by atoms with Gasteiger partial charge in [-0.2, -0.15) is 0 Å². The lowest BCUT2D eigenvalue weighted by Crippen LogP contribution is -2.07. The summed E-state index contributed by atoms with van der Waals surface area (Å²) >= 11 is 3.39. The number of rotatable bonds is 4. The summed E-state index contributed by atoms with van der Waals surface area (Å²) in [7, 11) is 1.58. The van der Waals surface area contributed by atoms with Gasteiger partial charge in [0.2, 0.25) is 0 Å². The van der Waals surface area contributed by atoms with Crippen molar-refractivity contribution >= 4 is 21.7 Å². The Bertz CT molecular complexity index is 575. The zero-order chi connectivity index (χ0) is 13.8. The second-order valence-electron chi connectivity index (χ2n) is 4.15. The predicted molar refractivity (Wildman–Crippen MR) is 78.0 cm³/mol. The number of aliphatic hydroxyl groups excluding tert-OH is 1. The molecular weight excluding hydrogens is 308 g/mol. The Hall–Kier alpha value is -1.59. The second kappa shape index (κ2) is 6.04. The fourth-order valence-corrected chi connectivity index (χ4v) is 2.29. The number of nitrogens with zero attached hydrogens (tertiary/aromatic N) is 1. The van der Waals surface area contributed by atoms with E-state index in [0.29, 0.717) is 18.0 Å². The van der Waals surface area contributed by atoms with Crippen LogP contribution < -0.4 is 10.5 Å². The van der Waals surface area contributed by atoms with Crippen LogP contribution >= 0.6 is 15.9 Å². The standard InChI is InChI=1S/C14H15BrN2O2/c1-19-13-5-4-10(15)8-11(13)12(18)7-9-3-2-6-17-14(9)16/h2-6,8,12,18H,7H2,1H3,(H2,16,17). The van der Waals surface area contributed by atoms with E-state index in [1.807, 2.05) is 24.3 Å². The van der Waals surface area contributed by atoms with E-state index in [2.05, 4.69) is 20.9 Å². The molecule has 100 valence electrons. The van der Waals surface area contributed by atoms with Gasteiger partial charge in [-0.25, -0.2) is 4.98 Å². The van der Waals surface area contributed by atoms with Crippen LogP contribution in [0.25, 0.3) is 0 Å². The highest BCUT2D eigenvalue weighted by Crippen LogP contribution is 2.31. The lowest BCUT2D eigenvalue weighted by atomic mass is 10.0. The summed E-state index contributed by atoms with van der Waals surface area (Å²) in [5.41, 5.74) is 7.32. The van der Waals surface area contributed by atoms with Crippen molar-refractivity contribution in [3.63, 3.8) is 0 Å². The van der Waals surface area contributed by atoms with Gasteiger partial charge in [0.1, 0.15) is 11.6 Å². The van der Waals surface area contributed by atoms with Crippen molar-refractivity contribution in [2.45, 2.75) is 12.5 Å². The van der Waals surface area contributed by atoms with Crippen LogP contribution in [-0.2, 0) is 6.42 Å². The fourth-order valence-electron chi connectivity index (χ4n) is 1.91. The molecule has 0 amide bonds. The van der Waals surface area contributed by atoms with Gasteiger partial charge < -0.3 is 15.6 Å². The minimum Gasteiger partial charge on any atom is -0.496 e. The molecule has 19 heavy (non-hydrogen) atoms. The Morgan fingerprint density at radius 3 is 2.89 bits per heavy atom. The molecule has 0 saturated heterocycles. The number of methoxy groups -OCH3 is 1. The Morgan fingerprint density at radius 1 is 1.42 bits per heavy atom. The maximum atomic E-state index is 10.4. The Balaban J connectivity index is 2.27. The van der Waals surface area contributed by atoms with Gasteiger partial charge in [0.05, 0.1) is 13.2 Å². The molecule has 0 saturated carbocycles. The number of nitrogen functional groups attached to an aromatic ring is 1. The molecule has 2 rings (SSSR count). The first-order valence-electron chi connectivity index (χ1n) is 5.82. The molecule has 5 heteroatoms. The van der Waals surface area contributed by atoms with Gasteiger partial charge in [0, 0.05) is 22.7 Å². The molecule has 3 N–H and O–H groups in total. The van der Waals surface area contributed by atoms with Gasteiger partial charge in [-0.1, -0.05) is 22.0 Å². The summed E-state index contributed by atoms with van der Waals surface area (Å²) in [5.74, 6) is 1.09. The smallest absolute Gasteiger partial charge is 0.126 e. The first-order valence-corrected chi connectivity index (χ1v) is 6.62. The summed E-state index contributed by atoms with van der Waals surface area (Å²) < 4.78 is 6.15. The molecule has 1 unspecified atom stereocenters. The summed E-state index contributed by atoms with van der Waals surface area (Å²) in [4.78, 5) is 4.01. The third-order valence-electron chi connectivity index (χ3n) is 2.89. The normalized spacial score (nSPS) is 12.2. The van der Waals surface area contributed by atoms with Gasteiger partial charge >= 0.3 is 0 Å². The Kier molecular flexibility index (Phi) is 4.39. The molecule has 1 aromatic carbocycles. The number of aliphatic hydroxyl groups is 1. The number of aromatic nitrogens is 1. The van der Waals surface area contributed by atoms with Gasteiger partial charge in [-0.05, 0) is 29.8 Å². The summed E-state index contributed by atoms with van der Waals surface area (Å²) in [6, 6.07) is 9.19. The monoisotopic (exact) mass is 322 g/mol. The number of hydrogen-bond acceptors (Lipinski definition) is 4. The van der Waals surface area contributed by atoms with Crippen molar-refractivity contribution in [3.8, 4) is 5.75 Å². The first kappa shape index (κ1) is 13.8. The van der Waals surface area contributed by atoms with Gasteiger partial charge in [-0.3, -0.25) is 0 Å². The van der Waals surface area contributed by atoms with E-state index in [4.69, 9.17) is 10.5 Å². The summed E-state index contributed by atoms with van der Waals surface area (Å²) in [5, 5.41) is 10.4. The number of benzene rings is 1. The van der Waals surface area contributed by atoms with Gasteiger partial charge in [0.15, 0.2) is 0 Å². The average molecular weight is 323 g/mol. The molecule has 0 bridgehead atoms. The molecule has 1 aromatic heterocycles. The molecule has 0 radical (unpaired) electrons. The molecule has 2 aromatic rings. The molecule has 4 nitrogen and oxygen atoms in total. The molecule has 0 aliphatic rings. The van der Waals surface area contributed by atoms with Crippen LogP contribution in [0.3, 0.4) is 0 Å². The molecular formula is C14H15BrN2O2. The highest BCUT2D eigenvalue weighted by molar-refractivity contribution is 9.10. The minimum atomic E-state index is -0.695. The van der Waals surface area contributed by atoms with Crippen LogP contribution in [0.15, 0.2) is 41.0 Å². The number of halogens is 1. The zero-order valence-corrected chi connectivity index (χ0v) is 12.1. The Morgan fingerprint density at radius 2 is 2.21 bits per heavy atom. The van der Waals surface area contributed by atoms with Crippen LogP contribution in [0.2, 0.25) is 0 Å². The maximum Gasteiger partial charge on any atom is 0.126 e. The topological polar surface area (TPSA) is 68.4 Å². The number of hydrogen-bond donors (Lipinski definition) is 2. The number of anilines is 1. The molecule has 0 fully saturated rings. The maximum absolute atomic E-state index is 10.4. The average Bonchev–Trinajstić information content (AvgIpc) is 2.41. The van der Waals surface area contributed by atoms with Crippen LogP contribution in [0.1, 0.15) is 17.2 Å². The van der Waals surface area contributed by atoms with Gasteiger partial charge in [0.25, 0.3) is 0 Å². The quantitative estimate of drug-likeness (QED) is 0.908. The number of ether oxygens (including phenoxy) is 1. The van der Waals surface area contributed by atoms with E-state index >= 15 is 0 Å². The van der Waals surface area contributed by atoms with Crippen molar-refractivity contribution in [2.75, 3.05) is 12.8 Å². The summed E-state index contributed by atoms with van der Waals surface area (Å²) in [6.07, 6.45) is 1.33. The van der Waals surface area contributed by atoms with Crippen LogP contribution in [-0.4, -0.2) is 17.2 Å². The first-order chi connectivity index (χ1) is 9.11. The van der Waals surface area contributed by atoms with Crippen molar-refractivity contribution < 1.29 is 9.84 Å². The fraction of sp³-hybridized carbons (Fsp3) is 0.214. The Labute approximate surface area is 120 Å². The van der Waals surface area contributed by atoms with E-state index in [-0.39, 0.29) is 0 Å². The molecule has 0 aliphatic heterocycles. The molecule has 0 spiro atoms. The second-order valence-corrected chi connectivity index (χ2v) is 5.07. The highest BCUT2D eigenvalue weighted by Gasteiger charge is 2.15. The van der Waals surface area contributed by atoms with Crippen LogP contribution in [0, 0.1) is 0 Å².